The number of methoxy groups -OCH3 is 1. The molecule has 1 aromatic heterocycles. The van der Waals surface area contributed by atoms with Gasteiger partial charge in [0.05, 0.1) is 13.5 Å². The molecule has 0 radical (unpaired) electrons. The minimum atomic E-state index is 0.107. The highest BCUT2D eigenvalue weighted by Gasteiger charge is 2.16. The molecular weight excluding hydrogens is 274 g/mol. The van der Waals surface area contributed by atoms with Gasteiger partial charge in [0, 0.05) is 5.56 Å². The zero-order valence-corrected chi connectivity index (χ0v) is 13.5. The molecule has 0 spiro atoms. The lowest BCUT2D eigenvalue weighted by atomic mass is 9.87. The summed E-state index contributed by atoms with van der Waals surface area (Å²) in [6.45, 7) is 6.60. The molecule has 3 aromatic rings. The smallest absolute Gasteiger partial charge is 0.200 e. The van der Waals surface area contributed by atoms with E-state index in [9.17, 15) is 0 Å². The highest BCUT2D eigenvalue weighted by atomic mass is 16.5. The van der Waals surface area contributed by atoms with Crippen LogP contribution in [0, 0.1) is 0 Å². The molecule has 0 unspecified atom stereocenters. The molecule has 1 heterocycles. The van der Waals surface area contributed by atoms with Gasteiger partial charge >= 0.3 is 0 Å². The fraction of sp³-hybridized carbons (Fsp3) is 0.316. The second-order valence-corrected chi connectivity index (χ2v) is 6.53. The van der Waals surface area contributed by atoms with E-state index in [0.717, 1.165) is 22.4 Å². The first-order chi connectivity index (χ1) is 10.5. The maximum absolute atomic E-state index is 5.87. The SMILES string of the molecule is COc1ccccc1Cc1nc2cc(C(C)(C)C)ccc2o1. The number of ether oxygens (including phenoxy) is 1. The molecule has 0 saturated carbocycles. The van der Waals surface area contributed by atoms with Gasteiger partial charge in [-0.15, -0.1) is 0 Å². The standard InChI is InChI=1S/C19H21NO2/c1-19(2,3)14-9-10-17-15(12-14)20-18(22-17)11-13-7-5-6-8-16(13)21-4/h5-10,12H,11H2,1-4H3. The quantitative estimate of drug-likeness (QED) is 0.701. The molecule has 0 aliphatic heterocycles. The van der Waals surface area contributed by atoms with Crippen LogP contribution in [0.3, 0.4) is 0 Å². The molecule has 0 aliphatic carbocycles. The van der Waals surface area contributed by atoms with E-state index in [-0.39, 0.29) is 5.41 Å². The van der Waals surface area contributed by atoms with Crippen LogP contribution < -0.4 is 4.74 Å². The van der Waals surface area contributed by atoms with Crippen LogP contribution in [0.1, 0.15) is 37.8 Å². The Hall–Kier alpha value is -2.29. The van der Waals surface area contributed by atoms with Crippen LogP contribution in [-0.2, 0) is 11.8 Å². The van der Waals surface area contributed by atoms with Crippen molar-refractivity contribution in [1.29, 1.82) is 0 Å². The Morgan fingerprint density at radius 1 is 1.09 bits per heavy atom. The first-order valence-electron chi connectivity index (χ1n) is 7.49. The third-order valence-electron chi connectivity index (χ3n) is 3.83. The van der Waals surface area contributed by atoms with Crippen molar-refractivity contribution in [3.05, 3.63) is 59.5 Å². The summed E-state index contributed by atoms with van der Waals surface area (Å²) in [5, 5.41) is 0. The van der Waals surface area contributed by atoms with E-state index in [1.807, 2.05) is 30.3 Å². The van der Waals surface area contributed by atoms with Gasteiger partial charge in [0.1, 0.15) is 11.3 Å². The lowest BCUT2D eigenvalue weighted by Gasteiger charge is -2.18. The Bertz CT molecular complexity index is 797. The molecule has 3 nitrogen and oxygen atoms in total. The van der Waals surface area contributed by atoms with Gasteiger partial charge in [0.15, 0.2) is 11.5 Å². The number of nitrogens with zero attached hydrogens (tertiary/aromatic N) is 1. The summed E-state index contributed by atoms with van der Waals surface area (Å²) in [6.07, 6.45) is 0.629. The van der Waals surface area contributed by atoms with Crippen molar-refractivity contribution in [2.24, 2.45) is 0 Å². The fourth-order valence-electron chi connectivity index (χ4n) is 2.53. The number of para-hydroxylation sites is 1. The molecule has 0 fully saturated rings. The Morgan fingerprint density at radius 2 is 1.86 bits per heavy atom. The largest absolute Gasteiger partial charge is 0.496 e. The van der Waals surface area contributed by atoms with Gasteiger partial charge in [-0.2, -0.15) is 0 Å². The predicted molar refractivity (Wildman–Crippen MR) is 88.5 cm³/mol. The summed E-state index contributed by atoms with van der Waals surface area (Å²) in [5.74, 6) is 1.57. The third-order valence-corrected chi connectivity index (χ3v) is 3.83. The maximum atomic E-state index is 5.87. The van der Waals surface area contributed by atoms with Crippen molar-refractivity contribution in [2.75, 3.05) is 7.11 Å². The van der Waals surface area contributed by atoms with E-state index in [0.29, 0.717) is 12.3 Å². The van der Waals surface area contributed by atoms with E-state index >= 15 is 0 Å². The molecule has 0 N–H and O–H groups in total. The van der Waals surface area contributed by atoms with Crippen molar-refractivity contribution in [1.82, 2.24) is 4.98 Å². The Labute approximate surface area is 130 Å². The number of fused-ring (bicyclic) bond motifs is 1. The minimum Gasteiger partial charge on any atom is -0.496 e. The van der Waals surface area contributed by atoms with Crippen molar-refractivity contribution in [2.45, 2.75) is 32.6 Å². The summed E-state index contributed by atoms with van der Waals surface area (Å²) in [7, 11) is 1.68. The zero-order chi connectivity index (χ0) is 15.7. The average molecular weight is 295 g/mol. The van der Waals surface area contributed by atoms with E-state index in [1.165, 1.54) is 5.56 Å². The Morgan fingerprint density at radius 3 is 2.59 bits per heavy atom. The van der Waals surface area contributed by atoms with E-state index in [4.69, 9.17) is 9.15 Å². The van der Waals surface area contributed by atoms with Crippen molar-refractivity contribution >= 4 is 11.1 Å². The second kappa shape index (κ2) is 5.48. The normalized spacial score (nSPS) is 11.8. The molecule has 0 atom stereocenters. The molecule has 3 rings (SSSR count). The Kier molecular flexibility index (Phi) is 3.65. The van der Waals surface area contributed by atoms with E-state index in [2.05, 4.69) is 37.9 Å². The van der Waals surface area contributed by atoms with Crippen LogP contribution in [0.25, 0.3) is 11.1 Å². The van der Waals surface area contributed by atoms with E-state index in [1.54, 1.807) is 7.11 Å². The highest BCUT2D eigenvalue weighted by molar-refractivity contribution is 5.74. The predicted octanol–water partition coefficient (Wildman–Crippen LogP) is 4.72. The van der Waals surface area contributed by atoms with Gasteiger partial charge in [0.25, 0.3) is 0 Å². The van der Waals surface area contributed by atoms with Gasteiger partial charge in [-0.1, -0.05) is 45.0 Å². The first-order valence-corrected chi connectivity index (χ1v) is 7.49. The first kappa shape index (κ1) is 14.6. The highest BCUT2D eigenvalue weighted by Crippen LogP contribution is 2.27. The summed E-state index contributed by atoms with van der Waals surface area (Å²) in [6, 6.07) is 14.2. The molecule has 0 aliphatic rings. The number of hydrogen-bond acceptors (Lipinski definition) is 3. The van der Waals surface area contributed by atoms with Crippen LogP contribution in [0.2, 0.25) is 0 Å². The molecule has 114 valence electrons. The van der Waals surface area contributed by atoms with E-state index < -0.39 is 0 Å². The van der Waals surface area contributed by atoms with Gasteiger partial charge in [-0.05, 0) is 29.2 Å². The molecular formula is C19H21NO2. The monoisotopic (exact) mass is 295 g/mol. The summed E-state index contributed by atoms with van der Waals surface area (Å²) >= 11 is 0. The molecule has 0 amide bonds. The number of hydrogen-bond donors (Lipinski definition) is 0. The topological polar surface area (TPSA) is 35.3 Å². The number of rotatable bonds is 3. The van der Waals surface area contributed by atoms with Crippen LogP contribution >= 0.6 is 0 Å². The van der Waals surface area contributed by atoms with Crippen LogP contribution in [-0.4, -0.2) is 12.1 Å². The van der Waals surface area contributed by atoms with Gasteiger partial charge < -0.3 is 9.15 Å². The molecule has 3 heteroatoms. The minimum absolute atomic E-state index is 0.107. The number of oxazole rings is 1. The zero-order valence-electron chi connectivity index (χ0n) is 13.5. The lowest BCUT2D eigenvalue weighted by molar-refractivity contribution is 0.408. The van der Waals surface area contributed by atoms with Crippen LogP contribution in [0.4, 0.5) is 0 Å². The van der Waals surface area contributed by atoms with Crippen LogP contribution in [0.5, 0.6) is 5.75 Å². The summed E-state index contributed by atoms with van der Waals surface area (Å²) in [5.41, 5.74) is 4.19. The number of benzene rings is 2. The third kappa shape index (κ3) is 2.84. The molecule has 22 heavy (non-hydrogen) atoms. The average Bonchev–Trinajstić information content (AvgIpc) is 2.88. The van der Waals surface area contributed by atoms with Gasteiger partial charge in [-0.3, -0.25) is 0 Å². The molecule has 2 aromatic carbocycles. The van der Waals surface area contributed by atoms with Crippen molar-refractivity contribution in [3.8, 4) is 5.75 Å². The molecule has 0 saturated heterocycles. The second-order valence-electron chi connectivity index (χ2n) is 6.53. The van der Waals surface area contributed by atoms with Crippen LogP contribution in [0.15, 0.2) is 46.9 Å². The summed E-state index contributed by atoms with van der Waals surface area (Å²) < 4.78 is 11.3. The summed E-state index contributed by atoms with van der Waals surface area (Å²) in [4.78, 5) is 4.64. The lowest BCUT2D eigenvalue weighted by Crippen LogP contribution is -2.10. The van der Waals surface area contributed by atoms with Crippen molar-refractivity contribution in [3.63, 3.8) is 0 Å². The molecule has 0 bridgehead atoms. The number of aromatic nitrogens is 1. The van der Waals surface area contributed by atoms with Crippen molar-refractivity contribution < 1.29 is 9.15 Å². The maximum Gasteiger partial charge on any atom is 0.200 e. The Balaban J connectivity index is 1.95. The van der Waals surface area contributed by atoms with Gasteiger partial charge in [-0.25, -0.2) is 4.98 Å². The fourth-order valence-corrected chi connectivity index (χ4v) is 2.53. The van der Waals surface area contributed by atoms with Gasteiger partial charge in [0.2, 0.25) is 0 Å².